The molecule has 0 radical (unpaired) electrons. The van der Waals surface area contributed by atoms with E-state index in [1.807, 2.05) is 6.92 Å². The normalized spacial score (nSPS) is 19.9. The number of carbonyl (C=O) groups is 1. The topological polar surface area (TPSA) is 80.4 Å². The van der Waals surface area contributed by atoms with Gasteiger partial charge in [0.2, 0.25) is 0 Å². The Hall–Kier alpha value is -1.89. The molecule has 0 bridgehead atoms. The highest BCUT2D eigenvalue weighted by Crippen LogP contribution is 2.18. The van der Waals surface area contributed by atoms with Gasteiger partial charge in [0, 0.05) is 38.8 Å². The predicted octanol–water partition coefficient (Wildman–Crippen LogP) is 0.367. The van der Waals surface area contributed by atoms with E-state index in [9.17, 15) is 14.9 Å². The Labute approximate surface area is 105 Å². The third kappa shape index (κ3) is 2.21. The van der Waals surface area contributed by atoms with Crippen LogP contribution in [0.5, 0.6) is 0 Å². The second-order valence-corrected chi connectivity index (χ2v) is 4.50. The van der Waals surface area contributed by atoms with E-state index in [1.165, 1.54) is 16.8 Å². The number of piperazine rings is 1. The summed E-state index contributed by atoms with van der Waals surface area (Å²) in [6.45, 7) is 4.08. The summed E-state index contributed by atoms with van der Waals surface area (Å²) in [5, 5.41) is 13.9. The molecular weight excluding hydrogens is 236 g/mol. The summed E-state index contributed by atoms with van der Waals surface area (Å²) in [6.07, 6.45) is 1.36. The molecular formula is C11H16N4O3. The number of aryl methyl sites for hydroxylation is 1. The van der Waals surface area contributed by atoms with Gasteiger partial charge in [-0.3, -0.25) is 14.9 Å². The molecule has 0 aromatic carbocycles. The minimum absolute atomic E-state index is 0.0522. The third-order valence-corrected chi connectivity index (χ3v) is 3.18. The van der Waals surface area contributed by atoms with Gasteiger partial charge in [-0.1, -0.05) is 0 Å². The number of hydrogen-bond donors (Lipinski definition) is 1. The lowest BCUT2D eigenvalue weighted by Crippen LogP contribution is -2.52. The van der Waals surface area contributed by atoms with Gasteiger partial charge in [-0.15, -0.1) is 0 Å². The maximum absolute atomic E-state index is 12.3. The molecule has 1 saturated heterocycles. The number of hydrogen-bond acceptors (Lipinski definition) is 4. The van der Waals surface area contributed by atoms with Gasteiger partial charge in [0.15, 0.2) is 0 Å². The maximum atomic E-state index is 12.3. The van der Waals surface area contributed by atoms with Crippen LogP contribution >= 0.6 is 0 Å². The van der Waals surface area contributed by atoms with E-state index in [0.29, 0.717) is 12.2 Å². The van der Waals surface area contributed by atoms with Gasteiger partial charge < -0.3 is 14.8 Å². The first-order valence-electron chi connectivity index (χ1n) is 5.83. The smallest absolute Gasteiger partial charge is 0.287 e. The molecule has 1 aliphatic rings. The lowest BCUT2D eigenvalue weighted by Gasteiger charge is -2.33. The largest absolute Gasteiger partial charge is 0.340 e. The Kier molecular flexibility index (Phi) is 3.33. The molecule has 7 heteroatoms. The summed E-state index contributed by atoms with van der Waals surface area (Å²) in [5.41, 5.74) is 0.305. The van der Waals surface area contributed by atoms with Crippen LogP contribution in [0.4, 0.5) is 5.69 Å². The molecule has 1 aromatic rings. The van der Waals surface area contributed by atoms with Crippen molar-refractivity contribution in [3.05, 3.63) is 28.1 Å². The first kappa shape index (κ1) is 12.6. The fourth-order valence-corrected chi connectivity index (χ4v) is 2.15. The van der Waals surface area contributed by atoms with Gasteiger partial charge in [0.1, 0.15) is 5.69 Å². The van der Waals surface area contributed by atoms with E-state index in [1.54, 1.807) is 11.9 Å². The van der Waals surface area contributed by atoms with Crippen LogP contribution in [0, 0.1) is 10.1 Å². The molecule has 1 atom stereocenters. The van der Waals surface area contributed by atoms with Crippen LogP contribution < -0.4 is 5.32 Å². The third-order valence-electron chi connectivity index (χ3n) is 3.18. The fourth-order valence-electron chi connectivity index (χ4n) is 2.15. The zero-order chi connectivity index (χ0) is 13.3. The van der Waals surface area contributed by atoms with Gasteiger partial charge in [-0.05, 0) is 6.92 Å². The summed E-state index contributed by atoms with van der Waals surface area (Å²) in [7, 11) is 1.65. The number of nitro groups is 1. The van der Waals surface area contributed by atoms with E-state index in [-0.39, 0.29) is 17.6 Å². The lowest BCUT2D eigenvalue weighted by atomic mass is 10.2. The number of aromatic nitrogens is 1. The Morgan fingerprint density at radius 3 is 2.89 bits per heavy atom. The zero-order valence-corrected chi connectivity index (χ0v) is 10.4. The highest BCUT2D eigenvalue weighted by Gasteiger charge is 2.27. The minimum Gasteiger partial charge on any atom is -0.340 e. The average Bonchev–Trinajstić information content (AvgIpc) is 2.71. The monoisotopic (exact) mass is 252 g/mol. The number of rotatable bonds is 2. The van der Waals surface area contributed by atoms with E-state index in [0.717, 1.165) is 13.1 Å². The van der Waals surface area contributed by atoms with Gasteiger partial charge in [-0.2, -0.15) is 0 Å². The first-order valence-corrected chi connectivity index (χ1v) is 5.83. The molecule has 2 rings (SSSR count). The second-order valence-electron chi connectivity index (χ2n) is 4.50. The average molecular weight is 252 g/mol. The lowest BCUT2D eigenvalue weighted by molar-refractivity contribution is -0.384. The van der Waals surface area contributed by atoms with Crippen molar-refractivity contribution < 1.29 is 9.72 Å². The van der Waals surface area contributed by atoms with Crippen LogP contribution in [0.1, 0.15) is 17.4 Å². The fraction of sp³-hybridized carbons (Fsp3) is 0.545. The van der Waals surface area contributed by atoms with Crippen molar-refractivity contribution in [2.24, 2.45) is 7.05 Å². The molecule has 1 amide bonds. The maximum Gasteiger partial charge on any atom is 0.287 e. The van der Waals surface area contributed by atoms with E-state index in [4.69, 9.17) is 0 Å². The van der Waals surface area contributed by atoms with Crippen LogP contribution in [0.15, 0.2) is 12.3 Å². The molecule has 98 valence electrons. The summed E-state index contributed by atoms with van der Waals surface area (Å²) in [5.74, 6) is -0.153. The van der Waals surface area contributed by atoms with Gasteiger partial charge >= 0.3 is 0 Å². The van der Waals surface area contributed by atoms with E-state index < -0.39 is 4.92 Å². The quantitative estimate of drug-likeness (QED) is 0.609. The number of amides is 1. The number of nitrogens with one attached hydrogen (secondary N) is 1. The Morgan fingerprint density at radius 2 is 2.33 bits per heavy atom. The van der Waals surface area contributed by atoms with Crippen molar-refractivity contribution in [3.8, 4) is 0 Å². The SMILES string of the molecule is CC1CNCCN1C(=O)c1cc([N+](=O)[O-])cn1C. The van der Waals surface area contributed by atoms with Crippen molar-refractivity contribution in [2.45, 2.75) is 13.0 Å². The molecule has 0 saturated carbocycles. The molecule has 1 aromatic heterocycles. The van der Waals surface area contributed by atoms with Crippen molar-refractivity contribution >= 4 is 11.6 Å². The molecule has 1 fully saturated rings. The second kappa shape index (κ2) is 4.77. The predicted molar refractivity (Wildman–Crippen MR) is 65.4 cm³/mol. The van der Waals surface area contributed by atoms with Gasteiger partial charge in [0.05, 0.1) is 11.1 Å². The van der Waals surface area contributed by atoms with Crippen molar-refractivity contribution in [3.63, 3.8) is 0 Å². The van der Waals surface area contributed by atoms with Crippen LogP contribution in [0.25, 0.3) is 0 Å². The van der Waals surface area contributed by atoms with Gasteiger partial charge in [0.25, 0.3) is 11.6 Å². The van der Waals surface area contributed by atoms with Crippen LogP contribution in [0.2, 0.25) is 0 Å². The number of carbonyl (C=O) groups excluding carboxylic acids is 1. The molecule has 1 unspecified atom stereocenters. The van der Waals surface area contributed by atoms with Crippen LogP contribution in [-0.2, 0) is 7.05 Å². The zero-order valence-electron chi connectivity index (χ0n) is 10.4. The van der Waals surface area contributed by atoms with E-state index >= 15 is 0 Å². The first-order chi connectivity index (χ1) is 8.50. The molecule has 0 aliphatic carbocycles. The Balaban J connectivity index is 2.25. The minimum atomic E-state index is -0.488. The number of nitrogens with zero attached hydrogens (tertiary/aromatic N) is 3. The highest BCUT2D eigenvalue weighted by atomic mass is 16.6. The van der Waals surface area contributed by atoms with Crippen LogP contribution in [0.3, 0.4) is 0 Å². The standard InChI is InChI=1S/C11H16N4O3/c1-8-6-12-3-4-14(8)11(16)10-5-9(15(17)18)7-13(10)2/h5,7-8,12H,3-4,6H2,1-2H3. The van der Waals surface area contributed by atoms with Crippen molar-refractivity contribution in [1.82, 2.24) is 14.8 Å². The van der Waals surface area contributed by atoms with Crippen molar-refractivity contribution in [1.29, 1.82) is 0 Å². The molecule has 2 heterocycles. The highest BCUT2D eigenvalue weighted by molar-refractivity contribution is 5.93. The summed E-state index contributed by atoms with van der Waals surface area (Å²) in [6, 6.07) is 1.43. The Morgan fingerprint density at radius 1 is 1.61 bits per heavy atom. The summed E-state index contributed by atoms with van der Waals surface area (Å²) >= 11 is 0. The molecule has 18 heavy (non-hydrogen) atoms. The molecule has 1 aliphatic heterocycles. The summed E-state index contributed by atoms with van der Waals surface area (Å²) in [4.78, 5) is 24.3. The Bertz CT molecular complexity index is 483. The summed E-state index contributed by atoms with van der Waals surface area (Å²) < 4.78 is 1.51. The molecule has 0 spiro atoms. The van der Waals surface area contributed by atoms with Gasteiger partial charge in [-0.25, -0.2) is 0 Å². The van der Waals surface area contributed by atoms with Crippen LogP contribution in [-0.4, -0.2) is 46.0 Å². The van der Waals surface area contributed by atoms with E-state index in [2.05, 4.69) is 5.32 Å². The van der Waals surface area contributed by atoms with Crippen molar-refractivity contribution in [2.75, 3.05) is 19.6 Å². The molecule has 1 N–H and O–H groups in total. The molecule has 7 nitrogen and oxygen atoms in total.